The summed E-state index contributed by atoms with van der Waals surface area (Å²) in [5.74, 6) is 1.01. The summed E-state index contributed by atoms with van der Waals surface area (Å²) in [4.78, 5) is 4.62. The molecule has 0 aromatic rings. The lowest BCUT2D eigenvalue weighted by Crippen LogP contribution is -2.69. The van der Waals surface area contributed by atoms with Crippen molar-refractivity contribution in [2.75, 3.05) is 13.2 Å². The molecule has 5 nitrogen and oxygen atoms in total. The lowest BCUT2D eigenvalue weighted by atomic mass is 9.51. The third kappa shape index (κ3) is 3.06. The van der Waals surface area contributed by atoms with Gasteiger partial charge in [-0.25, -0.2) is 0 Å². The van der Waals surface area contributed by atoms with E-state index in [1.807, 2.05) is 0 Å². The van der Waals surface area contributed by atoms with Crippen molar-refractivity contribution < 1.29 is 4.74 Å². The van der Waals surface area contributed by atoms with Crippen LogP contribution < -0.4 is 10.6 Å². The van der Waals surface area contributed by atoms with Crippen LogP contribution in [0.3, 0.4) is 0 Å². The highest BCUT2D eigenvalue weighted by Gasteiger charge is 2.59. The maximum absolute atomic E-state index is 9.28. The second-order valence-corrected chi connectivity index (χ2v) is 7.20. The molecule has 4 atom stereocenters. The van der Waals surface area contributed by atoms with E-state index in [1.54, 1.807) is 0 Å². The number of hydrogen-bond donors (Lipinski definition) is 2. The van der Waals surface area contributed by atoms with Gasteiger partial charge in [0, 0.05) is 30.7 Å². The van der Waals surface area contributed by atoms with Crippen LogP contribution in [-0.2, 0) is 4.74 Å². The zero-order chi connectivity index (χ0) is 16.3. The van der Waals surface area contributed by atoms with Gasteiger partial charge < -0.3 is 15.4 Å². The molecule has 2 N–H and O–H groups in total. The first-order valence-corrected chi connectivity index (χ1v) is 9.32. The molecule has 4 unspecified atom stereocenters. The highest BCUT2D eigenvalue weighted by Crippen LogP contribution is 2.57. The van der Waals surface area contributed by atoms with Crippen LogP contribution in [0, 0.1) is 22.7 Å². The van der Waals surface area contributed by atoms with Crippen molar-refractivity contribution >= 4 is 5.96 Å². The largest absolute Gasteiger partial charge is 0.378 e. The van der Waals surface area contributed by atoms with Crippen LogP contribution >= 0.6 is 0 Å². The summed E-state index contributed by atoms with van der Waals surface area (Å²) in [5.41, 5.74) is 0.330. The fourth-order valence-corrected chi connectivity index (χ4v) is 4.56. The van der Waals surface area contributed by atoms with Gasteiger partial charge in [0.15, 0.2) is 5.96 Å². The van der Waals surface area contributed by atoms with Gasteiger partial charge in [-0.05, 0) is 52.4 Å². The molecule has 0 saturated heterocycles. The minimum absolute atomic E-state index is 0.120. The summed E-state index contributed by atoms with van der Waals surface area (Å²) >= 11 is 0. The molecule has 0 amide bonds. The van der Waals surface area contributed by atoms with Crippen LogP contribution in [0.25, 0.3) is 0 Å². The third-order valence-electron chi connectivity index (χ3n) is 6.07. The minimum Gasteiger partial charge on any atom is -0.378 e. The Bertz CT molecular complexity index is 480. The Hall–Kier alpha value is -1.28. The van der Waals surface area contributed by atoms with E-state index in [9.17, 15) is 5.26 Å². The molecule has 128 valence electrons. The Labute approximate surface area is 139 Å². The second-order valence-electron chi connectivity index (χ2n) is 7.20. The zero-order valence-electron chi connectivity index (χ0n) is 14.5. The lowest BCUT2D eigenvalue weighted by Gasteiger charge is -2.61. The average Bonchev–Trinajstić information content (AvgIpc) is 2.91. The fourth-order valence-electron chi connectivity index (χ4n) is 4.56. The summed E-state index contributed by atoms with van der Waals surface area (Å²) in [6, 6.07) is 3.15. The fraction of sp³-hybridized carbons (Fsp3) is 0.889. The predicted molar refractivity (Wildman–Crippen MR) is 91.1 cm³/mol. The molecule has 1 spiro atoms. The van der Waals surface area contributed by atoms with E-state index in [-0.39, 0.29) is 12.0 Å². The molecule has 0 aromatic carbocycles. The molecule has 23 heavy (non-hydrogen) atoms. The Morgan fingerprint density at radius 2 is 2.09 bits per heavy atom. The van der Waals surface area contributed by atoms with Gasteiger partial charge in [0.2, 0.25) is 0 Å². The number of nitrogens with one attached hydrogen (secondary N) is 2. The minimum atomic E-state index is 0.120. The molecule has 0 radical (unpaired) electrons. The highest BCUT2D eigenvalue weighted by molar-refractivity contribution is 5.80. The van der Waals surface area contributed by atoms with Crippen molar-refractivity contribution in [1.82, 2.24) is 10.6 Å². The predicted octanol–water partition coefficient (Wildman–Crippen LogP) is 2.58. The molecule has 3 aliphatic rings. The van der Waals surface area contributed by atoms with Crippen LogP contribution in [0.4, 0.5) is 0 Å². The summed E-state index contributed by atoms with van der Waals surface area (Å²) in [5, 5.41) is 16.5. The zero-order valence-corrected chi connectivity index (χ0v) is 14.5. The highest BCUT2D eigenvalue weighted by atomic mass is 16.5. The van der Waals surface area contributed by atoms with Gasteiger partial charge in [-0.1, -0.05) is 6.42 Å². The number of ether oxygens (including phenoxy) is 1. The van der Waals surface area contributed by atoms with Crippen molar-refractivity contribution in [2.45, 2.75) is 77.0 Å². The summed E-state index contributed by atoms with van der Waals surface area (Å²) in [6.45, 7) is 5.70. The van der Waals surface area contributed by atoms with Crippen molar-refractivity contribution in [1.29, 1.82) is 5.26 Å². The van der Waals surface area contributed by atoms with E-state index in [0.717, 1.165) is 44.8 Å². The van der Waals surface area contributed by atoms with Crippen molar-refractivity contribution in [3.63, 3.8) is 0 Å². The second kappa shape index (κ2) is 7.09. The van der Waals surface area contributed by atoms with Crippen molar-refractivity contribution in [3.05, 3.63) is 0 Å². The van der Waals surface area contributed by atoms with Crippen LogP contribution in [0.15, 0.2) is 4.99 Å². The molecule has 0 heterocycles. The Balaban J connectivity index is 1.60. The normalized spacial score (nSPS) is 35.3. The monoisotopic (exact) mass is 318 g/mol. The van der Waals surface area contributed by atoms with Crippen LogP contribution in [0.1, 0.15) is 58.8 Å². The number of rotatable bonds is 5. The Kier molecular flexibility index (Phi) is 5.11. The van der Waals surface area contributed by atoms with Crippen molar-refractivity contribution in [3.8, 4) is 6.07 Å². The van der Waals surface area contributed by atoms with Crippen LogP contribution in [-0.4, -0.2) is 37.3 Å². The van der Waals surface area contributed by atoms with Gasteiger partial charge >= 0.3 is 0 Å². The molecule has 0 aliphatic heterocycles. The van der Waals surface area contributed by atoms with Gasteiger partial charge in [-0.2, -0.15) is 5.26 Å². The van der Waals surface area contributed by atoms with Gasteiger partial charge in [0.25, 0.3) is 0 Å². The van der Waals surface area contributed by atoms with E-state index in [1.165, 1.54) is 19.3 Å². The molecule has 0 aromatic heterocycles. The maximum atomic E-state index is 9.28. The number of hydrogen-bond acceptors (Lipinski definition) is 3. The topological polar surface area (TPSA) is 69.4 Å². The first-order valence-electron chi connectivity index (χ1n) is 9.32. The summed E-state index contributed by atoms with van der Waals surface area (Å²) < 4.78 is 5.93. The number of nitrogens with zero attached hydrogens (tertiary/aromatic N) is 2. The average molecular weight is 318 g/mol. The van der Waals surface area contributed by atoms with E-state index in [2.05, 4.69) is 35.5 Å². The first-order chi connectivity index (χ1) is 11.2. The molecular formula is C18H30N4O. The van der Waals surface area contributed by atoms with E-state index >= 15 is 0 Å². The molecule has 3 saturated carbocycles. The molecular weight excluding hydrogens is 288 g/mol. The molecule has 3 fully saturated rings. The van der Waals surface area contributed by atoms with E-state index in [4.69, 9.17) is 4.74 Å². The number of guanidine groups is 1. The summed E-state index contributed by atoms with van der Waals surface area (Å²) in [7, 11) is 0. The third-order valence-corrected chi connectivity index (χ3v) is 6.07. The van der Waals surface area contributed by atoms with Gasteiger partial charge in [0.1, 0.15) is 0 Å². The maximum Gasteiger partial charge on any atom is 0.191 e. The quantitative estimate of drug-likeness (QED) is 0.604. The number of aliphatic imine (C=N–C) groups is 1. The van der Waals surface area contributed by atoms with Crippen molar-refractivity contribution in [2.24, 2.45) is 16.3 Å². The van der Waals surface area contributed by atoms with Gasteiger partial charge in [-0.15, -0.1) is 0 Å². The molecule has 3 rings (SSSR count). The van der Waals surface area contributed by atoms with Crippen LogP contribution in [0.5, 0.6) is 0 Å². The van der Waals surface area contributed by atoms with E-state index < -0.39 is 0 Å². The Morgan fingerprint density at radius 1 is 1.26 bits per heavy atom. The molecule has 5 heteroatoms. The van der Waals surface area contributed by atoms with Gasteiger partial charge in [-0.3, -0.25) is 4.99 Å². The molecule has 0 bridgehead atoms. The standard InChI is InChI=1S/C18H30N4O/c1-3-20-17(21-14-8-5-7-13(14)12-19)22-15-11-16(23-4-2)18(15)9-6-10-18/h13-16H,3-11H2,1-2H3,(H2,20,21,22). The Morgan fingerprint density at radius 3 is 2.70 bits per heavy atom. The molecule has 3 aliphatic carbocycles. The van der Waals surface area contributed by atoms with Gasteiger partial charge in [0.05, 0.1) is 18.1 Å². The number of nitriles is 1. The SMILES string of the molecule is CCN=C(NC1CCCC1C#N)NC1CC(OCC)C12CCC2. The van der Waals surface area contributed by atoms with E-state index in [0.29, 0.717) is 17.6 Å². The lowest BCUT2D eigenvalue weighted by molar-refractivity contribution is -0.168. The van der Waals surface area contributed by atoms with Crippen LogP contribution in [0.2, 0.25) is 0 Å². The smallest absolute Gasteiger partial charge is 0.191 e. The first kappa shape index (κ1) is 16.6. The summed E-state index contributed by atoms with van der Waals surface area (Å²) in [6.07, 6.45) is 8.54.